The zero-order valence-electron chi connectivity index (χ0n) is 13.3. The second-order valence-electron chi connectivity index (χ2n) is 5.82. The molecule has 1 aromatic carbocycles. The van der Waals surface area contributed by atoms with Gasteiger partial charge in [-0.1, -0.05) is 12.1 Å². The smallest absolute Gasteiger partial charge is 0.322 e. The van der Waals surface area contributed by atoms with Crippen molar-refractivity contribution in [3.8, 4) is 0 Å². The largest absolute Gasteiger partial charge is 0.376 e. The number of nitrogens with zero attached hydrogens (tertiary/aromatic N) is 2. The van der Waals surface area contributed by atoms with Gasteiger partial charge in [0.05, 0.1) is 6.10 Å². The summed E-state index contributed by atoms with van der Waals surface area (Å²) in [5.41, 5.74) is 1.37. The molecule has 3 rings (SSSR count). The van der Waals surface area contributed by atoms with Crippen LogP contribution in [0.4, 0.5) is 14.9 Å². The molecule has 0 bridgehead atoms. The summed E-state index contributed by atoms with van der Waals surface area (Å²) >= 11 is 0. The lowest BCUT2D eigenvalue weighted by molar-refractivity contribution is 0.0819. The molecule has 0 saturated carbocycles. The summed E-state index contributed by atoms with van der Waals surface area (Å²) in [5, 5.41) is 2.75. The Hall–Kier alpha value is -2.47. The van der Waals surface area contributed by atoms with Crippen LogP contribution in [0.15, 0.2) is 48.8 Å². The molecule has 2 aromatic rings. The first-order valence-corrected chi connectivity index (χ1v) is 8.03. The van der Waals surface area contributed by atoms with Crippen molar-refractivity contribution >= 4 is 11.7 Å². The standard InChI is InChI=1S/C18H20FN3O2/c19-15-5-1-6-16(10-15)21-18(23)22(13-17-7-3-9-24-17)12-14-4-2-8-20-11-14/h1-2,4-6,8,10-11,17H,3,7,9,12-13H2,(H,21,23)/t17-/m1/s1. The van der Waals surface area contributed by atoms with Gasteiger partial charge in [-0.05, 0) is 42.7 Å². The SMILES string of the molecule is O=C(Nc1cccc(F)c1)N(Cc1cccnc1)C[C@H]1CCCO1. The normalized spacial score (nSPS) is 16.8. The minimum absolute atomic E-state index is 0.0416. The first-order chi connectivity index (χ1) is 11.7. The van der Waals surface area contributed by atoms with Gasteiger partial charge < -0.3 is 15.0 Å². The molecule has 1 saturated heterocycles. The maximum absolute atomic E-state index is 13.3. The molecular formula is C18H20FN3O2. The third kappa shape index (κ3) is 4.52. The van der Waals surface area contributed by atoms with Crippen molar-refractivity contribution in [1.82, 2.24) is 9.88 Å². The lowest BCUT2D eigenvalue weighted by Gasteiger charge is -2.25. The number of halogens is 1. The van der Waals surface area contributed by atoms with Crippen LogP contribution in [-0.4, -0.2) is 35.2 Å². The molecule has 0 spiro atoms. The molecular weight excluding hydrogens is 309 g/mol. The number of amides is 2. The number of rotatable bonds is 5. The molecule has 1 fully saturated rings. The van der Waals surface area contributed by atoms with Crippen molar-refractivity contribution in [2.75, 3.05) is 18.5 Å². The van der Waals surface area contributed by atoms with Crippen LogP contribution in [0, 0.1) is 5.82 Å². The Labute approximate surface area is 140 Å². The van der Waals surface area contributed by atoms with Crippen LogP contribution < -0.4 is 5.32 Å². The van der Waals surface area contributed by atoms with Crippen molar-refractivity contribution in [2.45, 2.75) is 25.5 Å². The van der Waals surface area contributed by atoms with Crippen LogP contribution in [-0.2, 0) is 11.3 Å². The van der Waals surface area contributed by atoms with E-state index in [1.54, 1.807) is 29.4 Å². The molecule has 126 valence electrons. The minimum atomic E-state index is -0.384. The summed E-state index contributed by atoms with van der Waals surface area (Å²) in [4.78, 5) is 18.4. The Bertz CT molecular complexity index is 675. The Morgan fingerprint density at radius 3 is 3.00 bits per heavy atom. The number of ether oxygens (including phenoxy) is 1. The van der Waals surface area contributed by atoms with Crippen molar-refractivity contribution in [1.29, 1.82) is 0 Å². The molecule has 1 aliphatic rings. The van der Waals surface area contributed by atoms with Gasteiger partial charge in [-0.25, -0.2) is 9.18 Å². The highest BCUT2D eigenvalue weighted by Crippen LogP contribution is 2.17. The highest BCUT2D eigenvalue weighted by Gasteiger charge is 2.23. The molecule has 0 aliphatic carbocycles. The number of benzene rings is 1. The fourth-order valence-electron chi connectivity index (χ4n) is 2.73. The van der Waals surface area contributed by atoms with Crippen molar-refractivity contribution in [3.63, 3.8) is 0 Å². The molecule has 1 aromatic heterocycles. The van der Waals surface area contributed by atoms with E-state index in [1.165, 1.54) is 12.1 Å². The topological polar surface area (TPSA) is 54.5 Å². The van der Waals surface area contributed by atoms with Crippen LogP contribution in [0.2, 0.25) is 0 Å². The summed E-state index contributed by atoms with van der Waals surface area (Å²) in [6.45, 7) is 1.65. The number of nitrogens with one attached hydrogen (secondary N) is 1. The Balaban J connectivity index is 1.70. The molecule has 1 atom stereocenters. The molecule has 0 radical (unpaired) electrons. The highest BCUT2D eigenvalue weighted by molar-refractivity contribution is 5.89. The number of hydrogen-bond donors (Lipinski definition) is 1. The predicted molar refractivity (Wildman–Crippen MR) is 89.0 cm³/mol. The zero-order valence-corrected chi connectivity index (χ0v) is 13.3. The number of urea groups is 1. The van der Waals surface area contributed by atoms with E-state index in [0.717, 1.165) is 25.0 Å². The summed E-state index contributed by atoms with van der Waals surface area (Å²) in [7, 11) is 0. The second kappa shape index (κ2) is 7.88. The van der Waals surface area contributed by atoms with Crippen molar-refractivity contribution in [2.24, 2.45) is 0 Å². The van der Waals surface area contributed by atoms with E-state index >= 15 is 0 Å². The lowest BCUT2D eigenvalue weighted by Crippen LogP contribution is -2.39. The van der Waals surface area contributed by atoms with Gasteiger partial charge in [0.25, 0.3) is 0 Å². The minimum Gasteiger partial charge on any atom is -0.376 e. The number of aromatic nitrogens is 1. The van der Waals surface area contributed by atoms with E-state index in [1.807, 2.05) is 12.1 Å². The van der Waals surface area contributed by atoms with Gasteiger partial charge >= 0.3 is 6.03 Å². The first-order valence-electron chi connectivity index (χ1n) is 8.03. The average molecular weight is 329 g/mol. The molecule has 5 nitrogen and oxygen atoms in total. The molecule has 24 heavy (non-hydrogen) atoms. The fourth-order valence-corrected chi connectivity index (χ4v) is 2.73. The van der Waals surface area contributed by atoms with E-state index in [4.69, 9.17) is 4.74 Å². The van der Waals surface area contributed by atoms with Crippen LogP contribution in [0.1, 0.15) is 18.4 Å². The quantitative estimate of drug-likeness (QED) is 0.914. The summed E-state index contributed by atoms with van der Waals surface area (Å²) in [6, 6.07) is 9.35. The number of carbonyl (C=O) groups is 1. The van der Waals surface area contributed by atoms with Gasteiger partial charge in [0, 0.05) is 37.8 Å². The number of anilines is 1. The molecule has 6 heteroatoms. The van der Waals surface area contributed by atoms with Crippen LogP contribution in [0.5, 0.6) is 0 Å². The molecule has 1 aliphatic heterocycles. The van der Waals surface area contributed by atoms with E-state index in [2.05, 4.69) is 10.3 Å². The number of pyridine rings is 1. The Kier molecular flexibility index (Phi) is 5.38. The van der Waals surface area contributed by atoms with Gasteiger partial charge in [-0.2, -0.15) is 0 Å². The van der Waals surface area contributed by atoms with E-state index in [9.17, 15) is 9.18 Å². The maximum atomic E-state index is 13.3. The Morgan fingerprint density at radius 2 is 2.29 bits per heavy atom. The van der Waals surface area contributed by atoms with E-state index in [-0.39, 0.29) is 18.0 Å². The maximum Gasteiger partial charge on any atom is 0.322 e. The van der Waals surface area contributed by atoms with Gasteiger partial charge in [0.2, 0.25) is 0 Å². The van der Waals surface area contributed by atoms with Gasteiger partial charge in [-0.3, -0.25) is 4.98 Å². The van der Waals surface area contributed by atoms with Crippen molar-refractivity contribution in [3.05, 3.63) is 60.2 Å². The van der Waals surface area contributed by atoms with E-state index < -0.39 is 0 Å². The van der Waals surface area contributed by atoms with Crippen LogP contribution >= 0.6 is 0 Å². The highest BCUT2D eigenvalue weighted by atomic mass is 19.1. The summed E-state index contributed by atoms with van der Waals surface area (Å²) < 4.78 is 18.9. The number of hydrogen-bond acceptors (Lipinski definition) is 3. The monoisotopic (exact) mass is 329 g/mol. The third-order valence-electron chi connectivity index (χ3n) is 3.91. The summed E-state index contributed by atoms with van der Waals surface area (Å²) in [5.74, 6) is -0.384. The first kappa shape index (κ1) is 16.4. The van der Waals surface area contributed by atoms with Gasteiger partial charge in [0.1, 0.15) is 5.82 Å². The predicted octanol–water partition coefficient (Wildman–Crippen LogP) is 3.43. The molecule has 2 amide bonds. The molecule has 1 N–H and O–H groups in total. The van der Waals surface area contributed by atoms with Crippen LogP contribution in [0.3, 0.4) is 0 Å². The van der Waals surface area contributed by atoms with E-state index in [0.29, 0.717) is 18.8 Å². The average Bonchev–Trinajstić information content (AvgIpc) is 3.08. The second-order valence-corrected chi connectivity index (χ2v) is 5.82. The van der Waals surface area contributed by atoms with Crippen LogP contribution in [0.25, 0.3) is 0 Å². The molecule has 2 heterocycles. The van der Waals surface area contributed by atoms with Crippen molar-refractivity contribution < 1.29 is 13.9 Å². The zero-order chi connectivity index (χ0) is 16.8. The lowest BCUT2D eigenvalue weighted by atomic mass is 10.2. The third-order valence-corrected chi connectivity index (χ3v) is 3.91. The Morgan fingerprint density at radius 1 is 1.38 bits per heavy atom. The number of carbonyl (C=O) groups excluding carboxylic acids is 1. The fraction of sp³-hybridized carbons (Fsp3) is 0.333. The van der Waals surface area contributed by atoms with Gasteiger partial charge in [0.15, 0.2) is 0 Å². The molecule has 0 unspecified atom stereocenters. The van der Waals surface area contributed by atoms with Gasteiger partial charge in [-0.15, -0.1) is 0 Å². The summed E-state index contributed by atoms with van der Waals surface area (Å²) in [6.07, 6.45) is 5.42.